The Morgan fingerprint density at radius 1 is 1.19 bits per heavy atom. The number of piperazine rings is 1. The number of carbonyl (C=O) groups is 1. The van der Waals surface area contributed by atoms with Gasteiger partial charge in [0.1, 0.15) is 4.83 Å². The van der Waals surface area contributed by atoms with Crippen LogP contribution in [0.2, 0.25) is 0 Å². The number of hydrogen-bond donors (Lipinski definition) is 1. The molecule has 26 heavy (non-hydrogen) atoms. The molecule has 1 aromatic carbocycles. The number of nitrogens with zero attached hydrogens (tertiary/aromatic N) is 3. The molecule has 1 amide bonds. The zero-order valence-electron chi connectivity index (χ0n) is 14.6. The average Bonchev–Trinajstić information content (AvgIpc) is 3.01. The van der Waals surface area contributed by atoms with Crippen LogP contribution in [0.3, 0.4) is 0 Å². The third-order valence-electron chi connectivity index (χ3n) is 4.84. The maximum Gasteiger partial charge on any atom is 0.264 e. The van der Waals surface area contributed by atoms with Crippen molar-refractivity contribution in [2.45, 2.75) is 13.5 Å². The molecule has 0 saturated carbocycles. The summed E-state index contributed by atoms with van der Waals surface area (Å²) in [7, 11) is 0. The highest BCUT2D eigenvalue weighted by molar-refractivity contribution is 7.20. The molecule has 1 saturated heterocycles. The van der Waals surface area contributed by atoms with E-state index in [1.54, 1.807) is 0 Å². The molecule has 0 spiro atoms. The van der Waals surface area contributed by atoms with Crippen molar-refractivity contribution in [1.29, 1.82) is 0 Å². The molecule has 4 rings (SSSR count). The predicted octanol–water partition coefficient (Wildman–Crippen LogP) is 2.25. The second kappa shape index (κ2) is 7.01. The normalized spacial score (nSPS) is 15.5. The fraction of sp³-hybridized carbons (Fsp3) is 0.316. The molecule has 1 aliphatic heterocycles. The van der Waals surface area contributed by atoms with Crippen LogP contribution in [-0.2, 0) is 6.54 Å². The number of nitrogens with one attached hydrogen (secondary N) is 1. The molecule has 1 N–H and O–H groups in total. The Labute approximate surface area is 155 Å². The molecule has 7 heteroatoms. The van der Waals surface area contributed by atoms with Gasteiger partial charge in [0.25, 0.3) is 11.5 Å². The first kappa shape index (κ1) is 16.9. The minimum absolute atomic E-state index is 0.00395. The summed E-state index contributed by atoms with van der Waals surface area (Å²) in [5.74, 6) is 0.00395. The lowest BCUT2D eigenvalue weighted by Crippen LogP contribution is -2.48. The van der Waals surface area contributed by atoms with Crippen molar-refractivity contribution in [3.8, 4) is 0 Å². The van der Waals surface area contributed by atoms with E-state index in [9.17, 15) is 9.59 Å². The Morgan fingerprint density at radius 2 is 1.92 bits per heavy atom. The Hall–Kier alpha value is -2.51. The van der Waals surface area contributed by atoms with Gasteiger partial charge in [0.2, 0.25) is 0 Å². The maximum absolute atomic E-state index is 12.9. The fourth-order valence-corrected chi connectivity index (χ4v) is 4.49. The highest BCUT2D eigenvalue weighted by Gasteiger charge is 2.26. The molecule has 6 nitrogen and oxygen atoms in total. The van der Waals surface area contributed by atoms with Gasteiger partial charge in [0.15, 0.2) is 0 Å². The van der Waals surface area contributed by atoms with E-state index < -0.39 is 0 Å². The van der Waals surface area contributed by atoms with E-state index in [4.69, 9.17) is 0 Å². The molecule has 0 aliphatic carbocycles. The van der Waals surface area contributed by atoms with Crippen molar-refractivity contribution in [2.24, 2.45) is 0 Å². The first-order valence-corrected chi connectivity index (χ1v) is 9.47. The first-order valence-electron chi connectivity index (χ1n) is 8.66. The SMILES string of the molecule is Cc1c(C(=O)N2CCN(Cc3ccccc3)CC2)sc2nc[nH]c(=O)c12. The highest BCUT2D eigenvalue weighted by Crippen LogP contribution is 2.28. The van der Waals surface area contributed by atoms with Crippen molar-refractivity contribution >= 4 is 27.5 Å². The molecular formula is C19H20N4O2S. The van der Waals surface area contributed by atoms with E-state index in [0.717, 1.165) is 25.2 Å². The predicted molar refractivity (Wildman–Crippen MR) is 103 cm³/mol. The van der Waals surface area contributed by atoms with Crippen LogP contribution in [0.1, 0.15) is 20.8 Å². The van der Waals surface area contributed by atoms with E-state index in [2.05, 4.69) is 39.1 Å². The number of fused-ring (bicyclic) bond motifs is 1. The number of carbonyl (C=O) groups excluding carboxylic acids is 1. The van der Waals surface area contributed by atoms with Crippen LogP contribution in [0, 0.1) is 6.92 Å². The van der Waals surface area contributed by atoms with E-state index in [-0.39, 0.29) is 11.5 Å². The van der Waals surface area contributed by atoms with Gasteiger partial charge in [-0.3, -0.25) is 14.5 Å². The van der Waals surface area contributed by atoms with E-state index in [0.29, 0.717) is 28.2 Å². The Bertz CT molecular complexity index is 988. The van der Waals surface area contributed by atoms with Gasteiger partial charge in [-0.1, -0.05) is 30.3 Å². The van der Waals surface area contributed by atoms with Crippen LogP contribution >= 0.6 is 11.3 Å². The van der Waals surface area contributed by atoms with Crippen LogP contribution in [-0.4, -0.2) is 51.9 Å². The minimum Gasteiger partial charge on any atom is -0.335 e. The number of aryl methyl sites for hydroxylation is 1. The molecule has 0 radical (unpaired) electrons. The van der Waals surface area contributed by atoms with Gasteiger partial charge in [0.05, 0.1) is 16.6 Å². The zero-order valence-corrected chi connectivity index (χ0v) is 15.4. The standard InChI is InChI=1S/C19H20N4O2S/c1-13-15-17(24)20-12-21-18(15)26-16(13)19(25)23-9-7-22(8-10-23)11-14-5-3-2-4-6-14/h2-6,12H,7-11H2,1H3,(H,20,21,24). The molecule has 0 unspecified atom stereocenters. The summed E-state index contributed by atoms with van der Waals surface area (Å²) >= 11 is 1.31. The molecule has 3 aromatic rings. The van der Waals surface area contributed by atoms with E-state index in [1.807, 2.05) is 17.9 Å². The van der Waals surface area contributed by atoms with Crippen LogP contribution < -0.4 is 5.56 Å². The lowest BCUT2D eigenvalue weighted by atomic mass is 10.1. The minimum atomic E-state index is -0.185. The second-order valence-electron chi connectivity index (χ2n) is 6.52. The monoisotopic (exact) mass is 368 g/mol. The summed E-state index contributed by atoms with van der Waals surface area (Å²) in [5, 5.41) is 0.531. The summed E-state index contributed by atoms with van der Waals surface area (Å²) in [6.45, 7) is 5.83. The topological polar surface area (TPSA) is 69.3 Å². The lowest BCUT2D eigenvalue weighted by molar-refractivity contribution is 0.0632. The maximum atomic E-state index is 12.9. The largest absolute Gasteiger partial charge is 0.335 e. The fourth-order valence-electron chi connectivity index (χ4n) is 3.38. The van der Waals surface area contributed by atoms with Gasteiger partial charge < -0.3 is 9.88 Å². The number of aromatic amines is 1. The number of benzene rings is 1. The van der Waals surface area contributed by atoms with Gasteiger partial charge in [0, 0.05) is 32.7 Å². The van der Waals surface area contributed by atoms with Crippen molar-refractivity contribution in [1.82, 2.24) is 19.8 Å². The second-order valence-corrected chi connectivity index (χ2v) is 7.52. The molecule has 2 aromatic heterocycles. The molecule has 0 atom stereocenters. The summed E-state index contributed by atoms with van der Waals surface area (Å²) in [4.78, 5) is 37.2. The van der Waals surface area contributed by atoms with Gasteiger partial charge in [-0.05, 0) is 18.1 Å². The number of H-pyrrole nitrogens is 1. The van der Waals surface area contributed by atoms with Crippen LogP contribution in [0.25, 0.3) is 10.2 Å². The third-order valence-corrected chi connectivity index (χ3v) is 6.02. The van der Waals surface area contributed by atoms with Crippen LogP contribution in [0.15, 0.2) is 41.5 Å². The smallest absolute Gasteiger partial charge is 0.264 e. The molecule has 1 aliphatic rings. The van der Waals surface area contributed by atoms with Gasteiger partial charge in [-0.2, -0.15) is 0 Å². The number of aromatic nitrogens is 2. The molecule has 1 fully saturated rings. The Balaban J connectivity index is 1.46. The third kappa shape index (κ3) is 3.15. The summed E-state index contributed by atoms with van der Waals surface area (Å²) in [6, 6.07) is 10.4. The van der Waals surface area contributed by atoms with Crippen molar-refractivity contribution in [3.05, 3.63) is 63.0 Å². The molecular weight excluding hydrogens is 348 g/mol. The van der Waals surface area contributed by atoms with Gasteiger partial charge in [-0.15, -0.1) is 11.3 Å². The van der Waals surface area contributed by atoms with Crippen molar-refractivity contribution < 1.29 is 4.79 Å². The quantitative estimate of drug-likeness (QED) is 0.770. The average molecular weight is 368 g/mol. The Morgan fingerprint density at radius 3 is 2.62 bits per heavy atom. The first-order chi connectivity index (χ1) is 12.6. The zero-order chi connectivity index (χ0) is 18.1. The van der Waals surface area contributed by atoms with Crippen molar-refractivity contribution in [2.75, 3.05) is 26.2 Å². The van der Waals surface area contributed by atoms with Gasteiger partial charge in [-0.25, -0.2) is 4.98 Å². The number of thiophene rings is 1. The van der Waals surface area contributed by atoms with E-state index >= 15 is 0 Å². The lowest BCUT2D eigenvalue weighted by Gasteiger charge is -2.34. The van der Waals surface area contributed by atoms with E-state index in [1.165, 1.54) is 23.2 Å². The molecule has 134 valence electrons. The van der Waals surface area contributed by atoms with Crippen LogP contribution in [0.4, 0.5) is 0 Å². The van der Waals surface area contributed by atoms with Gasteiger partial charge >= 0.3 is 0 Å². The highest BCUT2D eigenvalue weighted by atomic mass is 32.1. The summed E-state index contributed by atoms with van der Waals surface area (Å²) < 4.78 is 0. The number of rotatable bonds is 3. The molecule has 0 bridgehead atoms. The van der Waals surface area contributed by atoms with Crippen LogP contribution in [0.5, 0.6) is 0 Å². The Kier molecular flexibility index (Phi) is 4.57. The summed E-state index contributed by atoms with van der Waals surface area (Å²) in [6.07, 6.45) is 1.39. The summed E-state index contributed by atoms with van der Waals surface area (Å²) in [5.41, 5.74) is 1.84. The number of hydrogen-bond acceptors (Lipinski definition) is 5. The van der Waals surface area contributed by atoms with Crippen molar-refractivity contribution in [3.63, 3.8) is 0 Å². The number of amides is 1. The molecule has 3 heterocycles.